The van der Waals surface area contributed by atoms with E-state index in [4.69, 9.17) is 27.9 Å². The maximum absolute atomic E-state index is 12.5. The molecule has 156 valence electrons. The number of carbonyl (C=O) groups excluding carboxylic acids is 1. The molecule has 0 bridgehead atoms. The summed E-state index contributed by atoms with van der Waals surface area (Å²) in [5.74, 6) is 6.01. The third-order valence-electron chi connectivity index (χ3n) is 4.13. The molecule has 1 aromatic carbocycles. The van der Waals surface area contributed by atoms with E-state index >= 15 is 0 Å². The van der Waals surface area contributed by atoms with Crippen molar-refractivity contribution in [1.82, 2.24) is 9.78 Å². The molecule has 2 heterocycles. The van der Waals surface area contributed by atoms with Crippen LogP contribution in [-0.4, -0.2) is 22.4 Å². The molecule has 7 heteroatoms. The second-order valence-corrected chi connectivity index (χ2v) is 9.64. The van der Waals surface area contributed by atoms with E-state index in [0.29, 0.717) is 15.7 Å². The summed E-state index contributed by atoms with van der Waals surface area (Å²) in [5, 5.41) is 5.50. The fraction of sp³-hybridized carbons (Fsp3) is 0.304. The van der Waals surface area contributed by atoms with Gasteiger partial charge in [-0.15, -0.1) is 11.3 Å². The van der Waals surface area contributed by atoms with Crippen molar-refractivity contribution in [3.05, 3.63) is 56.5 Å². The number of aromatic nitrogens is 2. The van der Waals surface area contributed by atoms with Gasteiger partial charge in [-0.2, -0.15) is 5.10 Å². The molecule has 0 saturated heterocycles. The number of benzene rings is 1. The summed E-state index contributed by atoms with van der Waals surface area (Å²) >= 11 is 14.1. The summed E-state index contributed by atoms with van der Waals surface area (Å²) in [6.45, 7) is 10.1. The smallest absolute Gasteiger partial charge is 0.359 e. The van der Waals surface area contributed by atoms with Gasteiger partial charge < -0.3 is 4.74 Å². The summed E-state index contributed by atoms with van der Waals surface area (Å²) < 4.78 is 6.87. The summed E-state index contributed by atoms with van der Waals surface area (Å²) in [7, 11) is 0. The second kappa shape index (κ2) is 8.85. The highest BCUT2D eigenvalue weighted by Crippen LogP contribution is 2.36. The molecule has 0 aliphatic heterocycles. The molecule has 0 unspecified atom stereocenters. The lowest BCUT2D eigenvalue weighted by Gasteiger charge is -2.09. The lowest BCUT2D eigenvalue weighted by atomic mass is 9.98. The molecule has 0 spiro atoms. The topological polar surface area (TPSA) is 44.1 Å². The fourth-order valence-corrected chi connectivity index (χ4v) is 4.22. The van der Waals surface area contributed by atoms with Crippen LogP contribution in [0.4, 0.5) is 0 Å². The third-order valence-corrected chi connectivity index (χ3v) is 5.67. The van der Waals surface area contributed by atoms with Crippen molar-refractivity contribution in [2.45, 2.75) is 34.6 Å². The largest absolute Gasteiger partial charge is 0.461 e. The van der Waals surface area contributed by atoms with Gasteiger partial charge in [0.1, 0.15) is 0 Å². The van der Waals surface area contributed by atoms with Crippen LogP contribution in [-0.2, 0) is 4.74 Å². The molecule has 0 amide bonds. The zero-order chi connectivity index (χ0) is 22.1. The molecule has 0 atom stereocenters. The lowest BCUT2D eigenvalue weighted by Crippen LogP contribution is -2.07. The number of carbonyl (C=O) groups is 1. The van der Waals surface area contributed by atoms with Crippen LogP contribution in [0, 0.1) is 24.2 Å². The number of hydrogen-bond acceptors (Lipinski definition) is 4. The van der Waals surface area contributed by atoms with E-state index in [9.17, 15) is 4.79 Å². The molecule has 3 aromatic rings. The highest BCUT2D eigenvalue weighted by molar-refractivity contribution is 7.16. The number of hydrogen-bond donors (Lipinski definition) is 0. The van der Waals surface area contributed by atoms with Gasteiger partial charge in [0.05, 0.1) is 32.8 Å². The first-order valence-electron chi connectivity index (χ1n) is 9.46. The first kappa shape index (κ1) is 22.4. The Morgan fingerprint density at radius 2 is 1.97 bits per heavy atom. The molecule has 4 nitrogen and oxygen atoms in total. The van der Waals surface area contributed by atoms with Gasteiger partial charge in [-0.25, -0.2) is 9.48 Å². The van der Waals surface area contributed by atoms with E-state index in [1.54, 1.807) is 41.1 Å². The van der Waals surface area contributed by atoms with Crippen molar-refractivity contribution < 1.29 is 9.53 Å². The Balaban J connectivity index is 2.18. The van der Waals surface area contributed by atoms with Gasteiger partial charge in [-0.3, -0.25) is 0 Å². The number of rotatable bonds is 4. The highest BCUT2D eigenvalue weighted by atomic mass is 35.5. The average Bonchev–Trinajstić information content (AvgIpc) is 3.24. The maximum atomic E-state index is 12.5. The van der Waals surface area contributed by atoms with Crippen molar-refractivity contribution in [1.29, 1.82) is 0 Å². The zero-order valence-electron chi connectivity index (χ0n) is 17.5. The van der Waals surface area contributed by atoms with Crippen molar-refractivity contribution in [3.8, 4) is 28.1 Å². The Morgan fingerprint density at radius 3 is 2.60 bits per heavy atom. The standard InChI is InChI=1S/C23H22Cl2N2O2S/c1-6-29-22(28)20-14(2)21(19-10-8-16(30-19)11-12-23(3,4)5)27(26-20)18-9-7-15(24)13-17(18)25/h7-10,13H,6H2,1-5H3. The molecular formula is C23H22Cl2N2O2S. The number of esters is 1. The second-order valence-electron chi connectivity index (χ2n) is 7.71. The van der Waals surface area contributed by atoms with Crippen LogP contribution >= 0.6 is 34.5 Å². The monoisotopic (exact) mass is 460 g/mol. The first-order chi connectivity index (χ1) is 14.1. The van der Waals surface area contributed by atoms with Crippen LogP contribution in [0.3, 0.4) is 0 Å². The molecule has 0 aliphatic carbocycles. The predicted octanol–water partition coefficient (Wildman–Crippen LogP) is 6.79. The van der Waals surface area contributed by atoms with Crippen LogP contribution in [0.1, 0.15) is 48.6 Å². The molecule has 0 fully saturated rings. The van der Waals surface area contributed by atoms with Crippen LogP contribution < -0.4 is 0 Å². The van der Waals surface area contributed by atoms with Gasteiger partial charge >= 0.3 is 5.97 Å². The van der Waals surface area contributed by atoms with Gasteiger partial charge in [-0.1, -0.05) is 35.0 Å². The van der Waals surface area contributed by atoms with Gasteiger partial charge in [0.2, 0.25) is 0 Å². The minimum absolute atomic E-state index is 0.0875. The lowest BCUT2D eigenvalue weighted by molar-refractivity contribution is 0.0518. The molecular weight excluding hydrogens is 439 g/mol. The maximum Gasteiger partial charge on any atom is 0.359 e. The highest BCUT2D eigenvalue weighted by Gasteiger charge is 2.24. The van der Waals surface area contributed by atoms with Crippen molar-refractivity contribution in [3.63, 3.8) is 0 Å². The van der Waals surface area contributed by atoms with Crippen LogP contribution in [0.5, 0.6) is 0 Å². The minimum Gasteiger partial charge on any atom is -0.461 e. The van der Waals surface area contributed by atoms with E-state index in [1.165, 1.54) is 0 Å². The summed E-state index contributed by atoms with van der Waals surface area (Å²) in [4.78, 5) is 14.3. The molecule has 3 rings (SSSR count). The van der Waals surface area contributed by atoms with Gasteiger partial charge in [0, 0.05) is 16.0 Å². The SMILES string of the molecule is CCOC(=O)c1nn(-c2ccc(Cl)cc2Cl)c(-c2ccc(C#CC(C)(C)C)s2)c1C. The predicted molar refractivity (Wildman–Crippen MR) is 124 cm³/mol. The minimum atomic E-state index is -0.468. The van der Waals surface area contributed by atoms with Gasteiger partial charge in [-0.05, 0) is 65.0 Å². The molecule has 30 heavy (non-hydrogen) atoms. The summed E-state index contributed by atoms with van der Waals surface area (Å²) in [6.07, 6.45) is 0. The Labute approximate surface area is 190 Å². The summed E-state index contributed by atoms with van der Waals surface area (Å²) in [5.41, 5.74) is 2.29. The van der Waals surface area contributed by atoms with Crippen molar-refractivity contribution in [2.75, 3.05) is 6.61 Å². The molecule has 2 aromatic heterocycles. The fourth-order valence-electron chi connectivity index (χ4n) is 2.79. The van der Waals surface area contributed by atoms with Crippen molar-refractivity contribution >= 4 is 40.5 Å². The van der Waals surface area contributed by atoms with Crippen LogP contribution in [0.2, 0.25) is 10.0 Å². The zero-order valence-corrected chi connectivity index (χ0v) is 19.8. The Kier molecular flexibility index (Phi) is 6.62. The average molecular weight is 461 g/mol. The van der Waals surface area contributed by atoms with Gasteiger partial charge in [0.25, 0.3) is 0 Å². The van der Waals surface area contributed by atoms with E-state index in [-0.39, 0.29) is 17.7 Å². The number of thiophene rings is 1. The van der Waals surface area contributed by atoms with E-state index in [0.717, 1.165) is 21.0 Å². The van der Waals surface area contributed by atoms with Crippen molar-refractivity contribution in [2.24, 2.45) is 5.41 Å². The molecule has 0 aliphatic rings. The molecule has 0 N–H and O–H groups in total. The number of halogens is 2. The van der Waals surface area contributed by atoms with Gasteiger partial charge in [0.15, 0.2) is 5.69 Å². The third kappa shape index (κ3) is 4.89. The van der Waals surface area contributed by atoms with E-state index in [1.807, 2.05) is 19.1 Å². The Bertz CT molecular complexity index is 1160. The number of nitrogens with zero attached hydrogens (tertiary/aromatic N) is 2. The normalized spacial score (nSPS) is 11.2. The number of ether oxygens (including phenoxy) is 1. The van der Waals surface area contributed by atoms with E-state index < -0.39 is 5.97 Å². The molecule has 0 saturated carbocycles. The van der Waals surface area contributed by atoms with Crippen LogP contribution in [0.25, 0.3) is 16.3 Å². The first-order valence-corrected chi connectivity index (χ1v) is 11.0. The Hall–Kier alpha value is -2.26. The Morgan fingerprint density at radius 1 is 1.23 bits per heavy atom. The van der Waals surface area contributed by atoms with Crippen LogP contribution in [0.15, 0.2) is 30.3 Å². The quantitative estimate of drug-likeness (QED) is 0.317. The molecule has 0 radical (unpaired) electrons. The van der Waals surface area contributed by atoms with E-state index in [2.05, 4.69) is 37.7 Å². The summed E-state index contributed by atoms with van der Waals surface area (Å²) in [6, 6.07) is 9.13.